The van der Waals surface area contributed by atoms with Gasteiger partial charge in [-0.25, -0.2) is 0 Å². The van der Waals surface area contributed by atoms with E-state index in [1.165, 1.54) is 0 Å². The molecule has 0 saturated carbocycles. The highest BCUT2D eigenvalue weighted by Gasteiger charge is 2.19. The lowest BCUT2D eigenvalue weighted by molar-refractivity contribution is 0.0968. The van der Waals surface area contributed by atoms with Crippen molar-refractivity contribution in [3.8, 4) is 23.0 Å². The molecule has 0 aromatic heterocycles. The van der Waals surface area contributed by atoms with Crippen molar-refractivity contribution in [2.24, 2.45) is 0 Å². The van der Waals surface area contributed by atoms with Gasteiger partial charge in [0, 0.05) is 42.0 Å². The fourth-order valence-electron chi connectivity index (χ4n) is 4.87. The van der Waals surface area contributed by atoms with Crippen LogP contribution in [0, 0.1) is 0 Å². The van der Waals surface area contributed by atoms with Gasteiger partial charge < -0.3 is 39.2 Å². The first kappa shape index (κ1) is 36.2. The topological polar surface area (TPSA) is 132 Å². The SMILES string of the molecule is CCOc1cc(OCC)cc(C(=O)NC(=S)Nc2ccc(N3CCOCC3)c(NC(=S)NC(=O)c3cc(OCC)cc(OCC)c3)c2)c1. The van der Waals surface area contributed by atoms with Crippen molar-refractivity contribution in [2.75, 3.05) is 68.3 Å². The summed E-state index contributed by atoms with van der Waals surface area (Å²) in [6, 6.07) is 15.5. The van der Waals surface area contributed by atoms with Gasteiger partial charge in [-0.05, 0) is 94.6 Å². The van der Waals surface area contributed by atoms with Crippen molar-refractivity contribution >= 4 is 63.5 Å². The molecule has 3 aromatic rings. The van der Waals surface area contributed by atoms with Crippen LogP contribution in [0.2, 0.25) is 0 Å². The Kier molecular flexibility index (Phi) is 13.6. The number of morpholine rings is 1. The molecule has 0 aliphatic carbocycles. The first-order valence-electron chi connectivity index (χ1n) is 15.8. The summed E-state index contributed by atoms with van der Waals surface area (Å²) in [5, 5.41) is 11.9. The molecule has 0 atom stereocenters. The maximum absolute atomic E-state index is 13.2. The quantitative estimate of drug-likeness (QED) is 0.172. The van der Waals surface area contributed by atoms with Crippen LogP contribution in [-0.2, 0) is 4.74 Å². The summed E-state index contributed by atoms with van der Waals surface area (Å²) < 4.78 is 28.0. The van der Waals surface area contributed by atoms with Gasteiger partial charge in [-0.1, -0.05) is 0 Å². The summed E-state index contributed by atoms with van der Waals surface area (Å²) in [5.41, 5.74) is 2.71. The van der Waals surface area contributed by atoms with Crippen molar-refractivity contribution in [3.05, 3.63) is 65.7 Å². The molecule has 14 heteroatoms. The predicted octanol–water partition coefficient (Wildman–Crippen LogP) is 5.37. The zero-order valence-electron chi connectivity index (χ0n) is 27.5. The van der Waals surface area contributed by atoms with Crippen LogP contribution in [0.5, 0.6) is 23.0 Å². The van der Waals surface area contributed by atoms with Gasteiger partial charge in [0.15, 0.2) is 10.2 Å². The number of carbonyl (C=O) groups is 2. The highest BCUT2D eigenvalue weighted by Crippen LogP contribution is 2.31. The minimum Gasteiger partial charge on any atom is -0.494 e. The molecule has 3 aromatic carbocycles. The van der Waals surface area contributed by atoms with Crippen LogP contribution in [0.15, 0.2) is 54.6 Å². The van der Waals surface area contributed by atoms with Gasteiger partial charge in [0.25, 0.3) is 11.8 Å². The van der Waals surface area contributed by atoms with E-state index in [9.17, 15) is 9.59 Å². The van der Waals surface area contributed by atoms with E-state index < -0.39 is 11.8 Å². The Balaban J connectivity index is 1.50. The number of benzene rings is 3. The molecule has 0 bridgehead atoms. The number of anilines is 3. The van der Waals surface area contributed by atoms with Crippen LogP contribution >= 0.6 is 24.4 Å². The van der Waals surface area contributed by atoms with Crippen LogP contribution in [0.1, 0.15) is 48.4 Å². The van der Waals surface area contributed by atoms with Crippen LogP contribution in [-0.4, -0.2) is 74.8 Å². The molecule has 1 saturated heterocycles. The number of rotatable bonds is 13. The lowest BCUT2D eigenvalue weighted by Gasteiger charge is -2.31. The Hall–Kier alpha value is -4.66. The standard InChI is InChI=1S/C34H41N5O7S2/c1-5-43-25-15-22(16-26(20-25)44-6-2)31(40)37-33(47)35-24-9-10-30(39-11-13-42-14-12-39)29(19-24)36-34(48)38-32(41)23-17-27(45-7-3)21-28(18-23)46-8-4/h9-10,15-21H,5-8,11-14H2,1-4H3,(H2,35,37,40,47)(H2,36,38,41,48). The van der Waals surface area contributed by atoms with Gasteiger partial charge in [-0.2, -0.15) is 0 Å². The first-order valence-corrected chi connectivity index (χ1v) is 16.6. The number of carbonyl (C=O) groups excluding carboxylic acids is 2. The third kappa shape index (κ3) is 10.4. The van der Waals surface area contributed by atoms with Gasteiger partial charge in [-0.3, -0.25) is 20.2 Å². The van der Waals surface area contributed by atoms with Gasteiger partial charge in [-0.15, -0.1) is 0 Å². The Bertz CT molecular complexity index is 1570. The lowest BCUT2D eigenvalue weighted by Crippen LogP contribution is -2.38. The van der Waals surface area contributed by atoms with Crippen molar-refractivity contribution in [3.63, 3.8) is 0 Å². The predicted molar refractivity (Wildman–Crippen MR) is 194 cm³/mol. The molecule has 1 aliphatic heterocycles. The van der Waals surface area contributed by atoms with Crippen LogP contribution in [0.25, 0.3) is 0 Å². The van der Waals surface area contributed by atoms with Gasteiger partial charge in [0.2, 0.25) is 0 Å². The average Bonchev–Trinajstić information content (AvgIpc) is 3.05. The maximum Gasteiger partial charge on any atom is 0.257 e. The Morgan fingerprint density at radius 3 is 1.54 bits per heavy atom. The van der Waals surface area contributed by atoms with Crippen molar-refractivity contribution in [1.29, 1.82) is 0 Å². The van der Waals surface area contributed by atoms with E-state index in [1.54, 1.807) is 42.5 Å². The number of thiocarbonyl (C=S) groups is 2. The Labute approximate surface area is 291 Å². The minimum absolute atomic E-state index is 0.0833. The lowest BCUT2D eigenvalue weighted by atomic mass is 10.2. The highest BCUT2D eigenvalue weighted by atomic mass is 32.1. The number of ether oxygens (including phenoxy) is 5. The first-order chi connectivity index (χ1) is 23.2. The van der Waals surface area contributed by atoms with E-state index in [2.05, 4.69) is 26.2 Å². The summed E-state index contributed by atoms with van der Waals surface area (Å²) >= 11 is 11.1. The fraction of sp³-hybridized carbons (Fsp3) is 0.353. The zero-order chi connectivity index (χ0) is 34.5. The summed E-state index contributed by atoms with van der Waals surface area (Å²) in [5.74, 6) is 1.20. The smallest absolute Gasteiger partial charge is 0.257 e. The van der Waals surface area contributed by atoms with Crippen LogP contribution in [0.3, 0.4) is 0 Å². The van der Waals surface area contributed by atoms with Gasteiger partial charge in [0.05, 0.1) is 51.0 Å². The third-order valence-corrected chi connectivity index (χ3v) is 7.25. The second kappa shape index (κ2) is 18.0. The minimum atomic E-state index is -0.429. The third-order valence-electron chi connectivity index (χ3n) is 6.84. The maximum atomic E-state index is 13.2. The molecule has 4 rings (SSSR count). The molecule has 4 N–H and O–H groups in total. The molecule has 1 fully saturated rings. The summed E-state index contributed by atoms with van der Waals surface area (Å²) in [6.07, 6.45) is 0. The normalized spacial score (nSPS) is 12.4. The summed E-state index contributed by atoms with van der Waals surface area (Å²) in [6.45, 7) is 11.7. The van der Waals surface area contributed by atoms with E-state index in [4.69, 9.17) is 48.1 Å². The molecule has 256 valence electrons. The van der Waals surface area contributed by atoms with Crippen molar-refractivity contribution < 1.29 is 33.3 Å². The van der Waals surface area contributed by atoms with Crippen LogP contribution in [0.4, 0.5) is 17.1 Å². The molecule has 0 unspecified atom stereocenters. The Morgan fingerprint density at radius 1 is 0.667 bits per heavy atom. The molecule has 1 heterocycles. The molecule has 1 aliphatic rings. The van der Waals surface area contributed by atoms with Crippen molar-refractivity contribution in [2.45, 2.75) is 27.7 Å². The van der Waals surface area contributed by atoms with Gasteiger partial charge >= 0.3 is 0 Å². The van der Waals surface area contributed by atoms with Crippen molar-refractivity contribution in [1.82, 2.24) is 10.6 Å². The number of hydrogen-bond acceptors (Lipinski definition) is 10. The summed E-state index contributed by atoms with van der Waals surface area (Å²) in [4.78, 5) is 28.5. The zero-order valence-corrected chi connectivity index (χ0v) is 29.1. The van der Waals surface area contributed by atoms with E-state index in [0.29, 0.717) is 98.2 Å². The number of nitrogens with zero attached hydrogens (tertiary/aromatic N) is 1. The molecule has 0 spiro atoms. The molecular weight excluding hydrogens is 655 g/mol. The van der Waals surface area contributed by atoms with Gasteiger partial charge in [0.1, 0.15) is 23.0 Å². The summed E-state index contributed by atoms with van der Waals surface area (Å²) in [7, 11) is 0. The number of amides is 2. The number of hydrogen-bond donors (Lipinski definition) is 4. The number of nitrogens with one attached hydrogen (secondary N) is 4. The molecule has 2 amide bonds. The average molecular weight is 696 g/mol. The molecule has 0 radical (unpaired) electrons. The van der Waals surface area contributed by atoms with Crippen LogP contribution < -0.4 is 45.1 Å². The molecular formula is C34H41N5O7S2. The Morgan fingerprint density at radius 2 is 1.10 bits per heavy atom. The molecule has 48 heavy (non-hydrogen) atoms. The second-order valence-corrected chi connectivity index (χ2v) is 11.1. The highest BCUT2D eigenvalue weighted by molar-refractivity contribution is 7.80. The van der Waals surface area contributed by atoms with E-state index >= 15 is 0 Å². The van der Waals surface area contributed by atoms with E-state index in [1.807, 2.05) is 39.8 Å². The largest absolute Gasteiger partial charge is 0.494 e. The van der Waals surface area contributed by atoms with E-state index in [-0.39, 0.29) is 10.2 Å². The monoisotopic (exact) mass is 695 g/mol. The molecule has 12 nitrogen and oxygen atoms in total. The fourth-order valence-corrected chi connectivity index (χ4v) is 5.28. The second-order valence-electron chi connectivity index (χ2n) is 10.3. The van der Waals surface area contributed by atoms with E-state index in [0.717, 1.165) is 5.69 Å².